The van der Waals surface area contributed by atoms with Gasteiger partial charge in [0.25, 0.3) is 5.91 Å². The van der Waals surface area contributed by atoms with Crippen molar-refractivity contribution >= 4 is 17.5 Å². The van der Waals surface area contributed by atoms with Crippen LogP contribution in [0.3, 0.4) is 0 Å². The smallest absolute Gasteiger partial charge is 0.274 e. The molecular formula is C17H17FN4O2. The highest BCUT2D eigenvalue weighted by atomic mass is 19.1. The molecule has 2 amide bonds. The summed E-state index contributed by atoms with van der Waals surface area (Å²) in [4.78, 5) is 28.9. The predicted molar refractivity (Wildman–Crippen MR) is 86.8 cm³/mol. The lowest BCUT2D eigenvalue weighted by Crippen LogP contribution is -2.37. The SMILES string of the molecule is NC(=O)CN1CCc2ccc(NC(=O)c3ccc(F)cn3)cc2C1. The average Bonchev–Trinajstić information content (AvgIpc) is 2.54. The summed E-state index contributed by atoms with van der Waals surface area (Å²) < 4.78 is 12.9. The molecule has 0 fully saturated rings. The standard InChI is InChI=1S/C17H17FN4O2/c18-13-2-4-15(20-8-13)17(24)21-14-3-1-11-5-6-22(10-16(19)23)9-12(11)7-14/h1-4,7-8H,5-6,9-10H2,(H2,19,23)(H,21,24). The molecule has 1 aromatic carbocycles. The Balaban J connectivity index is 1.72. The summed E-state index contributed by atoms with van der Waals surface area (Å²) in [6.07, 6.45) is 1.83. The Bertz CT molecular complexity index is 777. The van der Waals surface area contributed by atoms with E-state index in [0.717, 1.165) is 24.7 Å². The number of hydrogen-bond donors (Lipinski definition) is 2. The van der Waals surface area contributed by atoms with E-state index in [2.05, 4.69) is 10.3 Å². The minimum absolute atomic E-state index is 0.143. The van der Waals surface area contributed by atoms with Gasteiger partial charge in [0.1, 0.15) is 11.5 Å². The molecule has 0 bridgehead atoms. The third-order valence-corrected chi connectivity index (χ3v) is 3.89. The first-order valence-corrected chi connectivity index (χ1v) is 7.56. The number of fused-ring (bicyclic) bond motifs is 1. The van der Waals surface area contributed by atoms with Gasteiger partial charge in [0.15, 0.2) is 0 Å². The van der Waals surface area contributed by atoms with Gasteiger partial charge < -0.3 is 11.1 Å². The molecule has 0 aliphatic carbocycles. The van der Waals surface area contributed by atoms with Crippen LogP contribution in [-0.4, -0.2) is 34.8 Å². The molecule has 3 N–H and O–H groups in total. The molecule has 124 valence electrons. The van der Waals surface area contributed by atoms with E-state index in [0.29, 0.717) is 12.2 Å². The minimum Gasteiger partial charge on any atom is -0.369 e. The van der Waals surface area contributed by atoms with Gasteiger partial charge in [-0.1, -0.05) is 6.07 Å². The summed E-state index contributed by atoms with van der Waals surface area (Å²) in [5, 5.41) is 2.75. The van der Waals surface area contributed by atoms with Crippen LogP contribution in [0.2, 0.25) is 0 Å². The molecule has 0 atom stereocenters. The van der Waals surface area contributed by atoms with Crippen LogP contribution in [0, 0.1) is 5.82 Å². The lowest BCUT2D eigenvalue weighted by Gasteiger charge is -2.28. The summed E-state index contributed by atoms with van der Waals surface area (Å²) in [5.41, 5.74) is 8.25. The monoisotopic (exact) mass is 328 g/mol. The second-order valence-corrected chi connectivity index (χ2v) is 5.73. The summed E-state index contributed by atoms with van der Waals surface area (Å²) in [7, 11) is 0. The maximum atomic E-state index is 12.9. The van der Waals surface area contributed by atoms with E-state index in [4.69, 9.17) is 5.73 Å². The molecule has 24 heavy (non-hydrogen) atoms. The van der Waals surface area contributed by atoms with Crippen LogP contribution in [0.5, 0.6) is 0 Å². The lowest BCUT2D eigenvalue weighted by atomic mass is 9.99. The van der Waals surface area contributed by atoms with Crippen LogP contribution in [0.1, 0.15) is 21.6 Å². The van der Waals surface area contributed by atoms with Crippen LogP contribution in [0.4, 0.5) is 10.1 Å². The molecular weight excluding hydrogens is 311 g/mol. The second kappa shape index (κ2) is 6.76. The van der Waals surface area contributed by atoms with Crippen LogP contribution in [0.15, 0.2) is 36.5 Å². The number of hydrogen-bond acceptors (Lipinski definition) is 4. The van der Waals surface area contributed by atoms with E-state index >= 15 is 0 Å². The fraction of sp³-hybridized carbons (Fsp3) is 0.235. The second-order valence-electron chi connectivity index (χ2n) is 5.73. The topological polar surface area (TPSA) is 88.3 Å². The van der Waals surface area contributed by atoms with E-state index < -0.39 is 11.7 Å². The Hall–Kier alpha value is -2.80. The summed E-state index contributed by atoms with van der Waals surface area (Å²) in [6.45, 7) is 1.60. The van der Waals surface area contributed by atoms with Crippen LogP contribution in [-0.2, 0) is 17.8 Å². The molecule has 2 heterocycles. The Labute approximate surface area is 138 Å². The van der Waals surface area contributed by atoms with Gasteiger partial charge in [-0.15, -0.1) is 0 Å². The zero-order valence-corrected chi connectivity index (χ0v) is 13.0. The molecule has 2 aromatic rings. The third-order valence-electron chi connectivity index (χ3n) is 3.89. The number of amides is 2. The number of nitrogens with two attached hydrogens (primary N) is 1. The zero-order valence-electron chi connectivity index (χ0n) is 13.0. The first-order valence-electron chi connectivity index (χ1n) is 7.56. The molecule has 1 aromatic heterocycles. The molecule has 7 heteroatoms. The molecule has 1 aliphatic rings. The summed E-state index contributed by atoms with van der Waals surface area (Å²) in [5.74, 6) is -1.25. The van der Waals surface area contributed by atoms with Crippen molar-refractivity contribution in [3.8, 4) is 0 Å². The Morgan fingerprint density at radius 3 is 2.79 bits per heavy atom. The van der Waals surface area contributed by atoms with Crippen LogP contribution in [0.25, 0.3) is 0 Å². The van der Waals surface area contributed by atoms with Gasteiger partial charge in [-0.3, -0.25) is 14.5 Å². The van der Waals surface area contributed by atoms with Crippen LogP contribution >= 0.6 is 0 Å². The molecule has 0 saturated heterocycles. The van der Waals surface area contributed by atoms with Crippen molar-refractivity contribution in [3.63, 3.8) is 0 Å². The fourth-order valence-electron chi connectivity index (χ4n) is 2.75. The number of benzene rings is 1. The van der Waals surface area contributed by atoms with E-state index in [9.17, 15) is 14.0 Å². The number of pyridine rings is 1. The lowest BCUT2D eigenvalue weighted by molar-refractivity contribution is -0.119. The summed E-state index contributed by atoms with van der Waals surface area (Å²) >= 11 is 0. The first kappa shape index (κ1) is 16.1. The Morgan fingerprint density at radius 1 is 1.25 bits per heavy atom. The highest BCUT2D eigenvalue weighted by Crippen LogP contribution is 2.22. The van der Waals surface area contributed by atoms with E-state index in [1.165, 1.54) is 17.7 Å². The van der Waals surface area contributed by atoms with Crippen molar-refractivity contribution in [1.82, 2.24) is 9.88 Å². The predicted octanol–water partition coefficient (Wildman–Crippen LogP) is 1.32. The number of nitrogens with zero attached hydrogens (tertiary/aromatic N) is 2. The number of primary amides is 1. The van der Waals surface area contributed by atoms with Gasteiger partial charge in [-0.05, 0) is 41.8 Å². The first-order chi connectivity index (χ1) is 11.5. The molecule has 0 spiro atoms. The maximum Gasteiger partial charge on any atom is 0.274 e. The van der Waals surface area contributed by atoms with Gasteiger partial charge in [-0.25, -0.2) is 9.37 Å². The number of aromatic nitrogens is 1. The van der Waals surface area contributed by atoms with Gasteiger partial charge in [0.2, 0.25) is 5.91 Å². The maximum absolute atomic E-state index is 12.9. The fourth-order valence-corrected chi connectivity index (χ4v) is 2.75. The third kappa shape index (κ3) is 3.75. The molecule has 1 aliphatic heterocycles. The van der Waals surface area contributed by atoms with Crippen molar-refractivity contribution in [1.29, 1.82) is 0 Å². The molecule has 0 unspecified atom stereocenters. The van der Waals surface area contributed by atoms with Gasteiger partial charge in [0, 0.05) is 18.8 Å². The summed E-state index contributed by atoms with van der Waals surface area (Å²) in [6, 6.07) is 8.19. The number of carbonyl (C=O) groups is 2. The molecule has 3 rings (SSSR count). The largest absolute Gasteiger partial charge is 0.369 e. The van der Waals surface area contributed by atoms with Gasteiger partial charge >= 0.3 is 0 Å². The van der Waals surface area contributed by atoms with E-state index in [1.807, 2.05) is 23.1 Å². The zero-order chi connectivity index (χ0) is 17.1. The number of carbonyl (C=O) groups excluding carboxylic acids is 2. The van der Waals surface area contributed by atoms with Crippen molar-refractivity contribution in [3.05, 3.63) is 59.2 Å². The number of rotatable bonds is 4. The Kier molecular flexibility index (Phi) is 4.52. The highest BCUT2D eigenvalue weighted by Gasteiger charge is 2.18. The number of nitrogens with one attached hydrogen (secondary N) is 1. The number of halogens is 1. The normalized spacial score (nSPS) is 14.0. The van der Waals surface area contributed by atoms with Crippen LogP contribution < -0.4 is 11.1 Å². The average molecular weight is 328 g/mol. The van der Waals surface area contributed by atoms with Gasteiger partial charge in [0.05, 0.1) is 12.7 Å². The van der Waals surface area contributed by atoms with Crippen molar-refractivity contribution < 1.29 is 14.0 Å². The number of anilines is 1. The minimum atomic E-state index is -0.491. The van der Waals surface area contributed by atoms with E-state index in [-0.39, 0.29) is 18.1 Å². The quantitative estimate of drug-likeness (QED) is 0.886. The van der Waals surface area contributed by atoms with E-state index in [1.54, 1.807) is 0 Å². The molecule has 6 nitrogen and oxygen atoms in total. The highest BCUT2D eigenvalue weighted by molar-refractivity contribution is 6.02. The Morgan fingerprint density at radius 2 is 2.08 bits per heavy atom. The van der Waals surface area contributed by atoms with Crippen molar-refractivity contribution in [2.75, 3.05) is 18.4 Å². The van der Waals surface area contributed by atoms with Crippen molar-refractivity contribution in [2.45, 2.75) is 13.0 Å². The molecule has 0 radical (unpaired) electrons. The van der Waals surface area contributed by atoms with Crippen molar-refractivity contribution in [2.24, 2.45) is 5.73 Å². The molecule has 0 saturated carbocycles. The van der Waals surface area contributed by atoms with Gasteiger partial charge in [-0.2, -0.15) is 0 Å².